The zero-order chi connectivity index (χ0) is 11.0. The molecule has 0 spiro atoms. The molecule has 0 aliphatic carbocycles. The second kappa shape index (κ2) is 4.63. The Balaban J connectivity index is 0.00000128. The zero-order valence-corrected chi connectivity index (χ0v) is 9.05. The minimum atomic E-state index is -2.62. The normalized spacial score (nSPS) is 10.8. The summed E-state index contributed by atoms with van der Waals surface area (Å²) in [5, 5.41) is 0.616. The van der Waals surface area contributed by atoms with Gasteiger partial charge < -0.3 is 11.5 Å². The number of nitrogen functional groups attached to an aromatic ring is 1. The van der Waals surface area contributed by atoms with Crippen LogP contribution in [-0.4, -0.2) is 9.55 Å². The molecule has 4 nitrogen and oxygen atoms in total. The summed E-state index contributed by atoms with van der Waals surface area (Å²) >= 11 is 0. The highest BCUT2D eigenvalue weighted by Crippen LogP contribution is 2.26. The van der Waals surface area contributed by atoms with Gasteiger partial charge in [0, 0.05) is 29.9 Å². The maximum Gasteiger partial charge on any atom is 0.319 e. The van der Waals surface area contributed by atoms with Crippen LogP contribution in [-0.2, 0) is 6.54 Å². The molecule has 7 heteroatoms. The Morgan fingerprint density at radius 1 is 1.38 bits per heavy atom. The lowest BCUT2D eigenvalue weighted by Crippen LogP contribution is -2.07. The molecule has 0 unspecified atom stereocenters. The van der Waals surface area contributed by atoms with Gasteiger partial charge in [-0.15, -0.1) is 12.4 Å². The van der Waals surface area contributed by atoms with E-state index in [1.165, 1.54) is 12.3 Å². The minimum Gasteiger partial charge on any atom is -0.384 e. The first-order valence-corrected chi connectivity index (χ1v) is 4.37. The average molecular weight is 249 g/mol. The Labute approximate surface area is 96.6 Å². The molecule has 0 aliphatic heterocycles. The van der Waals surface area contributed by atoms with Crippen molar-refractivity contribution in [3.05, 3.63) is 24.0 Å². The molecule has 2 rings (SSSR count). The van der Waals surface area contributed by atoms with Crippen LogP contribution in [0, 0.1) is 0 Å². The topological polar surface area (TPSA) is 69.9 Å². The lowest BCUT2D eigenvalue weighted by Gasteiger charge is -2.07. The van der Waals surface area contributed by atoms with Gasteiger partial charge in [-0.1, -0.05) is 0 Å². The van der Waals surface area contributed by atoms with E-state index in [0.717, 1.165) is 4.57 Å². The van der Waals surface area contributed by atoms with Gasteiger partial charge in [-0.3, -0.25) is 4.57 Å². The summed E-state index contributed by atoms with van der Waals surface area (Å²) in [4.78, 5) is 3.83. The first-order valence-electron chi connectivity index (χ1n) is 4.37. The van der Waals surface area contributed by atoms with Gasteiger partial charge in [-0.25, -0.2) is 4.98 Å². The fraction of sp³-hybridized carbons (Fsp3) is 0.222. The molecule has 2 aromatic rings. The van der Waals surface area contributed by atoms with Crippen molar-refractivity contribution in [2.75, 3.05) is 5.73 Å². The Hall–Kier alpha value is -1.40. The lowest BCUT2D eigenvalue weighted by atomic mass is 10.3. The van der Waals surface area contributed by atoms with Gasteiger partial charge in [0.25, 0.3) is 0 Å². The molecule has 0 saturated carbocycles. The molecular weight excluding hydrogens is 238 g/mol. The summed E-state index contributed by atoms with van der Waals surface area (Å²) in [5.74, 6) is 0.214. The Morgan fingerprint density at radius 3 is 2.62 bits per heavy atom. The van der Waals surface area contributed by atoms with E-state index in [0.29, 0.717) is 16.6 Å². The van der Waals surface area contributed by atoms with E-state index in [1.807, 2.05) is 0 Å². The van der Waals surface area contributed by atoms with Crippen molar-refractivity contribution < 1.29 is 8.78 Å². The van der Waals surface area contributed by atoms with Gasteiger partial charge in [0.05, 0.1) is 5.52 Å². The molecule has 0 saturated heterocycles. The third-order valence-corrected chi connectivity index (χ3v) is 2.23. The van der Waals surface area contributed by atoms with Crippen molar-refractivity contribution >= 4 is 29.1 Å². The number of alkyl halides is 2. The van der Waals surface area contributed by atoms with E-state index in [2.05, 4.69) is 4.98 Å². The number of nitrogens with zero attached hydrogens (tertiary/aromatic N) is 2. The summed E-state index contributed by atoms with van der Waals surface area (Å²) in [6, 6.07) is 3.01. The molecule has 0 amide bonds. The smallest absolute Gasteiger partial charge is 0.319 e. The van der Waals surface area contributed by atoms with Crippen molar-refractivity contribution in [1.29, 1.82) is 0 Å². The van der Waals surface area contributed by atoms with Crippen molar-refractivity contribution in [3.63, 3.8) is 0 Å². The quantitative estimate of drug-likeness (QED) is 0.853. The van der Waals surface area contributed by atoms with Gasteiger partial charge in [-0.05, 0) is 6.07 Å². The van der Waals surface area contributed by atoms with Crippen LogP contribution in [0.1, 0.15) is 12.2 Å². The van der Waals surface area contributed by atoms with Crippen LogP contribution in [0.5, 0.6) is 0 Å². The van der Waals surface area contributed by atoms with Crippen LogP contribution in [0.15, 0.2) is 18.3 Å². The lowest BCUT2D eigenvalue weighted by molar-refractivity contribution is 0.0724. The number of anilines is 1. The summed E-state index contributed by atoms with van der Waals surface area (Å²) < 4.78 is 26.4. The first-order chi connectivity index (χ1) is 7.13. The second-order valence-electron chi connectivity index (χ2n) is 3.16. The molecule has 2 aromatic heterocycles. The summed E-state index contributed by atoms with van der Waals surface area (Å²) in [6.45, 7) is -2.57. The number of fused-ring (bicyclic) bond motifs is 1. The molecule has 2 heterocycles. The van der Waals surface area contributed by atoms with Crippen LogP contribution < -0.4 is 11.5 Å². The maximum atomic E-state index is 12.8. The molecule has 4 N–H and O–H groups in total. The van der Waals surface area contributed by atoms with Crippen LogP contribution in [0.25, 0.3) is 10.9 Å². The van der Waals surface area contributed by atoms with Gasteiger partial charge in [0.1, 0.15) is 5.82 Å². The van der Waals surface area contributed by atoms with Crippen molar-refractivity contribution in [2.24, 2.45) is 5.73 Å². The number of rotatable bonds is 2. The monoisotopic (exact) mass is 248 g/mol. The number of aromatic nitrogens is 2. The van der Waals surface area contributed by atoms with Crippen LogP contribution >= 0.6 is 12.4 Å². The predicted molar refractivity (Wildman–Crippen MR) is 60.5 cm³/mol. The molecular formula is C9H11ClF2N4. The summed E-state index contributed by atoms with van der Waals surface area (Å²) in [7, 11) is 0. The predicted octanol–water partition coefficient (Wildman–Crippen LogP) is 1.89. The summed E-state index contributed by atoms with van der Waals surface area (Å²) in [5.41, 5.74) is 11.6. The molecule has 0 aliphatic rings. The van der Waals surface area contributed by atoms with E-state index in [1.54, 1.807) is 6.07 Å². The first kappa shape index (κ1) is 12.7. The van der Waals surface area contributed by atoms with Crippen molar-refractivity contribution in [2.45, 2.75) is 13.1 Å². The van der Waals surface area contributed by atoms with Gasteiger partial charge in [0.15, 0.2) is 0 Å². The maximum absolute atomic E-state index is 12.8. The number of hydrogen-bond donors (Lipinski definition) is 2. The summed E-state index contributed by atoms with van der Waals surface area (Å²) in [6.07, 6.45) is 1.46. The molecule has 0 radical (unpaired) electrons. The zero-order valence-electron chi connectivity index (χ0n) is 8.23. The standard InChI is InChI=1S/C9H10F2N4.ClH/c10-9(11)15-6(3-12)1-5-4-14-8(13)2-7(5)15;/h1-2,4,9H,3,12H2,(H2,13,14);1H. The minimum absolute atomic E-state index is 0. The second-order valence-corrected chi connectivity index (χ2v) is 3.16. The number of pyridine rings is 1. The number of halogens is 3. The highest BCUT2D eigenvalue weighted by atomic mass is 35.5. The van der Waals surface area contributed by atoms with Crippen molar-refractivity contribution in [3.8, 4) is 0 Å². The fourth-order valence-corrected chi connectivity index (χ4v) is 1.58. The van der Waals surface area contributed by atoms with Gasteiger partial charge in [-0.2, -0.15) is 8.78 Å². The molecule has 0 fully saturated rings. The third-order valence-electron chi connectivity index (χ3n) is 2.23. The molecule has 0 bridgehead atoms. The van der Waals surface area contributed by atoms with Gasteiger partial charge in [0.2, 0.25) is 0 Å². The third kappa shape index (κ3) is 1.94. The van der Waals surface area contributed by atoms with E-state index in [-0.39, 0.29) is 24.8 Å². The van der Waals surface area contributed by atoms with E-state index >= 15 is 0 Å². The van der Waals surface area contributed by atoms with Crippen LogP contribution in [0.2, 0.25) is 0 Å². The number of hydrogen-bond acceptors (Lipinski definition) is 3. The Bertz CT molecular complexity index is 497. The average Bonchev–Trinajstić information content (AvgIpc) is 2.55. The number of nitrogens with two attached hydrogens (primary N) is 2. The molecule has 0 atom stereocenters. The Morgan fingerprint density at radius 2 is 2.06 bits per heavy atom. The van der Waals surface area contributed by atoms with Crippen molar-refractivity contribution in [1.82, 2.24) is 9.55 Å². The molecule has 0 aromatic carbocycles. The molecule has 88 valence electrons. The van der Waals surface area contributed by atoms with Crippen LogP contribution in [0.4, 0.5) is 14.6 Å². The fourth-order valence-electron chi connectivity index (χ4n) is 1.58. The SMILES string of the molecule is Cl.NCc1cc2cnc(N)cc2n1C(F)F. The Kier molecular flexibility index (Phi) is 3.66. The van der Waals surface area contributed by atoms with E-state index in [4.69, 9.17) is 11.5 Å². The van der Waals surface area contributed by atoms with Crippen LogP contribution in [0.3, 0.4) is 0 Å². The highest BCUT2D eigenvalue weighted by molar-refractivity contribution is 5.85. The van der Waals surface area contributed by atoms with E-state index in [9.17, 15) is 8.78 Å². The van der Waals surface area contributed by atoms with E-state index < -0.39 is 6.55 Å². The highest BCUT2D eigenvalue weighted by Gasteiger charge is 2.15. The molecule has 16 heavy (non-hydrogen) atoms. The largest absolute Gasteiger partial charge is 0.384 e. The van der Waals surface area contributed by atoms with Gasteiger partial charge >= 0.3 is 6.55 Å².